The van der Waals surface area contributed by atoms with Crippen LogP contribution in [0.4, 0.5) is 23.3 Å². The number of fused-ring (bicyclic) bond motifs is 12. The molecule has 1 fully saturated rings. The quantitative estimate of drug-likeness (QED) is 0.0502. The van der Waals surface area contributed by atoms with Gasteiger partial charge in [0.1, 0.15) is 45.8 Å². The van der Waals surface area contributed by atoms with E-state index >= 15 is 0 Å². The lowest BCUT2D eigenvalue weighted by molar-refractivity contribution is -0.119. The number of carbonyl (C=O) groups is 4. The van der Waals surface area contributed by atoms with Crippen LogP contribution < -0.4 is 21.3 Å². The summed E-state index contributed by atoms with van der Waals surface area (Å²) in [6.45, 7) is 9.40. The van der Waals surface area contributed by atoms with E-state index in [1.807, 2.05) is 179 Å². The minimum atomic E-state index is -0.174. The third-order valence-corrected chi connectivity index (χ3v) is 20.9. The van der Waals surface area contributed by atoms with Crippen molar-refractivity contribution < 1.29 is 39.6 Å². The number of rotatable bonds is 14. The number of aromatic hydroxyl groups is 4. The minimum absolute atomic E-state index is 0.0273. The zero-order valence-corrected chi connectivity index (χ0v) is 63.5. The number of phenols is 4. The van der Waals surface area contributed by atoms with E-state index < -0.39 is 0 Å². The molecular weight excluding hydrogens is 1400 g/mol. The van der Waals surface area contributed by atoms with Crippen molar-refractivity contribution >= 4 is 46.9 Å². The lowest BCUT2D eigenvalue weighted by Crippen LogP contribution is -2.22. The lowest BCUT2D eigenvalue weighted by atomic mass is 9.87. The normalized spacial score (nSPS) is 13.5. The molecule has 8 aromatic carbocycles. The Morgan fingerprint density at radius 2 is 0.670 bits per heavy atom. The maximum absolute atomic E-state index is 12.9. The fourth-order valence-electron chi connectivity index (χ4n) is 15.0. The third kappa shape index (κ3) is 17.7. The van der Waals surface area contributed by atoms with Crippen molar-refractivity contribution in [3.63, 3.8) is 0 Å². The number of carbonyl (C=O) groups excluding carboxylic acids is 4. The van der Waals surface area contributed by atoms with E-state index in [4.69, 9.17) is 39.9 Å². The highest BCUT2D eigenvalue weighted by atomic mass is 16.3. The van der Waals surface area contributed by atoms with E-state index in [2.05, 4.69) is 21.3 Å². The van der Waals surface area contributed by atoms with Crippen LogP contribution in [0.3, 0.4) is 0 Å². The number of anilines is 4. The second kappa shape index (κ2) is 34.4. The number of aromatic nitrogens is 8. The molecule has 0 spiro atoms. The first-order valence-electron chi connectivity index (χ1n) is 38.7. The Balaban J connectivity index is 0.000000124. The van der Waals surface area contributed by atoms with Gasteiger partial charge in [-0.3, -0.25) is 19.2 Å². The molecule has 0 radical (unpaired) electrons. The molecule has 4 aromatic heterocycles. The second-order valence-corrected chi connectivity index (χ2v) is 29.6. The van der Waals surface area contributed by atoms with Gasteiger partial charge in [-0.15, -0.1) is 0 Å². The topological polar surface area (TPSA) is 300 Å². The van der Waals surface area contributed by atoms with Crippen LogP contribution in [-0.4, -0.2) is 83.9 Å². The molecule has 20 heteroatoms. The smallest absolute Gasteiger partial charge is 0.228 e. The molecule has 0 aliphatic heterocycles. The first kappa shape index (κ1) is 76.0. The first-order chi connectivity index (χ1) is 54.4. The molecule has 20 nitrogen and oxygen atoms in total. The van der Waals surface area contributed by atoms with Crippen molar-refractivity contribution in [2.45, 2.75) is 137 Å². The zero-order chi connectivity index (χ0) is 77.9. The van der Waals surface area contributed by atoms with Crippen molar-refractivity contribution in [1.82, 2.24) is 39.9 Å². The van der Waals surface area contributed by atoms with Crippen LogP contribution in [0.2, 0.25) is 0 Å². The van der Waals surface area contributed by atoms with Gasteiger partial charge in [0.2, 0.25) is 23.6 Å². The van der Waals surface area contributed by atoms with Gasteiger partial charge in [0, 0.05) is 70.2 Å². The molecule has 0 bridgehead atoms. The summed E-state index contributed by atoms with van der Waals surface area (Å²) in [6.07, 6.45) is 13.8. The Morgan fingerprint density at radius 3 is 0.973 bits per heavy atom. The molecule has 566 valence electrons. The maximum Gasteiger partial charge on any atom is 0.228 e. The Hall–Kier alpha value is -12.8. The summed E-state index contributed by atoms with van der Waals surface area (Å²) >= 11 is 0. The molecule has 1 unspecified atom stereocenters. The van der Waals surface area contributed by atoms with Gasteiger partial charge in [0.15, 0.2) is 23.3 Å². The number of hydrogen-bond donors (Lipinski definition) is 8. The Bertz CT molecular complexity index is 5490. The largest absolute Gasteiger partial charge is 0.508 e. The number of hydrogen-bond acceptors (Lipinski definition) is 16. The highest BCUT2D eigenvalue weighted by molar-refractivity contribution is 5.97. The standard InChI is InChI=1S/C26H27N3O2.2C23H23N3O2.C20H17N3O2/c30-20-12-13-21-19(16-20)11-14-22-25(21)29-24(18-9-5-2-6-10-18)26(27-22)28-23(31)15-17-7-3-1-4-8-17;1-14(2)12-20(28)25-23-21(15-6-4-3-5-7-15)26-22-18-10-9-17(27)13-16(18)8-11-19(22)24-23;1-3-14(2)23(28)26-22-20(15-7-5-4-6-8-15)25-21-18-11-10-17(27)13-16(18)9-12-19(21)24-22;1-12(24)21-20-18(13-5-3-2-4-6-13)23-19-16-9-8-15(25)11-14(16)7-10-17(19)22-20/h2,5-6,9-10,12-13,16-17,30H,1,3-4,7-8,11,14-15H2,(H,27,28,31);3-7,9-10,13-14,27H,8,11-12H2,1-2H3,(H,24,25,28);4-8,10-11,13-14,27H,3,9,12H2,1-2H3,(H,24,26,28);2-6,8-9,11,25H,7,10H2,1H3,(H,21,22,24). The lowest BCUT2D eigenvalue weighted by Gasteiger charge is -2.23. The molecule has 1 saturated carbocycles. The molecule has 5 aliphatic rings. The van der Waals surface area contributed by atoms with Crippen LogP contribution >= 0.6 is 0 Å². The molecule has 12 aromatic rings. The Morgan fingerprint density at radius 1 is 0.366 bits per heavy atom. The van der Waals surface area contributed by atoms with Crippen molar-refractivity contribution in [1.29, 1.82) is 0 Å². The van der Waals surface area contributed by atoms with E-state index in [-0.39, 0.29) is 58.5 Å². The second-order valence-electron chi connectivity index (χ2n) is 29.6. The fourth-order valence-corrected chi connectivity index (χ4v) is 15.0. The van der Waals surface area contributed by atoms with Gasteiger partial charge in [-0.25, -0.2) is 39.9 Å². The van der Waals surface area contributed by atoms with E-state index in [0.717, 1.165) is 183 Å². The highest BCUT2D eigenvalue weighted by Gasteiger charge is 2.30. The van der Waals surface area contributed by atoms with Gasteiger partial charge in [0.25, 0.3) is 0 Å². The summed E-state index contributed by atoms with van der Waals surface area (Å²) < 4.78 is 0. The third-order valence-electron chi connectivity index (χ3n) is 20.9. The zero-order valence-electron chi connectivity index (χ0n) is 63.5. The van der Waals surface area contributed by atoms with Crippen LogP contribution in [0.25, 0.3) is 90.1 Å². The molecule has 4 heterocycles. The summed E-state index contributed by atoms with van der Waals surface area (Å²) in [5, 5.41) is 51.0. The Kier molecular flexibility index (Phi) is 23.3. The molecule has 8 N–H and O–H groups in total. The van der Waals surface area contributed by atoms with E-state index in [0.29, 0.717) is 64.8 Å². The molecular formula is C92H90N12O8. The van der Waals surface area contributed by atoms with E-state index in [1.54, 1.807) is 42.5 Å². The predicted octanol–water partition coefficient (Wildman–Crippen LogP) is 18.3. The summed E-state index contributed by atoms with van der Waals surface area (Å²) in [7, 11) is 0. The SMILES string of the molecule is CC(=O)Nc1nc2c(nc1-c1ccccc1)-c1ccc(O)cc1CC2.CC(C)CC(=O)Nc1nc2c(nc1-c1ccccc1)-c1ccc(O)cc1CC2.CCC(C)C(=O)Nc1nc2c(nc1-c1ccccc1)-c1ccc(O)cc1CC2.O=C(CC1CCCCC1)Nc1nc2c(nc1-c1ccccc1)-c1ccc(O)cc1CC2. The number of benzene rings is 8. The molecule has 112 heavy (non-hydrogen) atoms. The first-order valence-corrected chi connectivity index (χ1v) is 38.7. The Labute approximate surface area is 651 Å². The molecule has 4 amide bonds. The van der Waals surface area contributed by atoms with Crippen LogP contribution in [0.5, 0.6) is 23.0 Å². The van der Waals surface area contributed by atoms with Gasteiger partial charge in [0.05, 0.1) is 45.6 Å². The van der Waals surface area contributed by atoms with Crippen molar-refractivity contribution in [3.8, 4) is 113 Å². The molecule has 0 saturated heterocycles. The maximum atomic E-state index is 12.9. The van der Waals surface area contributed by atoms with Gasteiger partial charge in [-0.05, 0) is 178 Å². The number of phenolic OH excluding ortho intramolecular Hbond substituents is 4. The van der Waals surface area contributed by atoms with Crippen molar-refractivity contribution in [3.05, 3.63) is 239 Å². The van der Waals surface area contributed by atoms with Crippen LogP contribution in [0, 0.1) is 17.8 Å². The van der Waals surface area contributed by atoms with Gasteiger partial charge >= 0.3 is 0 Å². The predicted molar refractivity (Wildman–Crippen MR) is 438 cm³/mol. The van der Waals surface area contributed by atoms with E-state index in [9.17, 15) is 39.6 Å². The van der Waals surface area contributed by atoms with Crippen LogP contribution in [0.15, 0.2) is 194 Å². The van der Waals surface area contributed by atoms with Crippen molar-refractivity contribution in [2.75, 3.05) is 21.3 Å². The summed E-state index contributed by atoms with van der Waals surface area (Å²) in [4.78, 5) is 88.3. The van der Waals surface area contributed by atoms with Crippen molar-refractivity contribution in [2.24, 2.45) is 17.8 Å². The molecule has 1 atom stereocenters. The van der Waals surface area contributed by atoms with Gasteiger partial charge < -0.3 is 41.7 Å². The average molecular weight is 1490 g/mol. The number of nitrogens with one attached hydrogen (secondary N) is 4. The van der Waals surface area contributed by atoms with E-state index in [1.165, 1.54) is 26.2 Å². The molecule has 17 rings (SSSR count). The summed E-state index contributed by atoms with van der Waals surface area (Å²) in [6, 6.07) is 60.6. The van der Waals surface area contributed by atoms with Crippen LogP contribution in [0.1, 0.15) is 131 Å². The highest BCUT2D eigenvalue weighted by Crippen LogP contribution is 2.43. The monoisotopic (exact) mass is 1490 g/mol. The molecule has 5 aliphatic carbocycles. The summed E-state index contributed by atoms with van der Waals surface area (Å²) in [5.74, 6) is 3.51. The average Bonchev–Trinajstić information content (AvgIpc) is 0.783. The number of amides is 4. The fraction of sp³-hybridized carbons (Fsp3) is 0.261. The number of nitrogens with zero attached hydrogens (tertiary/aromatic N) is 8. The van der Waals surface area contributed by atoms with Gasteiger partial charge in [-0.2, -0.15) is 0 Å². The van der Waals surface area contributed by atoms with Crippen LogP contribution in [-0.2, 0) is 70.5 Å². The minimum Gasteiger partial charge on any atom is -0.508 e. The van der Waals surface area contributed by atoms with Gasteiger partial charge in [-0.1, -0.05) is 168 Å². The number of aryl methyl sites for hydroxylation is 8. The summed E-state index contributed by atoms with van der Waals surface area (Å²) in [5.41, 5.74) is 21.3.